The minimum atomic E-state index is -0.413. The second-order valence-electron chi connectivity index (χ2n) is 2.43. The van der Waals surface area contributed by atoms with E-state index in [9.17, 15) is 4.79 Å². The molecule has 1 aromatic rings. The summed E-state index contributed by atoms with van der Waals surface area (Å²) in [5, 5.41) is 10.9. The van der Waals surface area contributed by atoms with Crippen LogP contribution in [0.1, 0.15) is 15.2 Å². The number of thioether (sulfide) groups is 1. The first kappa shape index (κ1) is 10.9. The van der Waals surface area contributed by atoms with Gasteiger partial charge in [0, 0.05) is 0 Å². The number of nitrogen functional groups attached to an aromatic ring is 1. The number of nitrogens with two attached hydrogens (primary N) is 1. The van der Waals surface area contributed by atoms with Gasteiger partial charge < -0.3 is 10.5 Å². The molecule has 0 radical (unpaired) electrons. The predicted molar refractivity (Wildman–Crippen MR) is 56.3 cm³/mol. The van der Waals surface area contributed by atoms with Crippen molar-refractivity contribution in [2.75, 3.05) is 12.8 Å². The molecule has 74 valence electrons. The molecule has 1 heterocycles. The lowest BCUT2D eigenvalue weighted by molar-refractivity contribution is 0.0605. The van der Waals surface area contributed by atoms with E-state index in [0.717, 1.165) is 23.1 Å². The highest BCUT2D eigenvalue weighted by Gasteiger charge is 2.19. The molecule has 0 bridgehead atoms. The highest BCUT2D eigenvalue weighted by atomic mass is 32.2. The summed E-state index contributed by atoms with van der Waals surface area (Å²) >= 11 is 2.11. The molecule has 6 heteroatoms. The molecule has 0 spiro atoms. The monoisotopic (exact) mass is 228 g/mol. The van der Waals surface area contributed by atoms with Crippen LogP contribution in [0.4, 0.5) is 5.00 Å². The molecule has 4 nitrogen and oxygen atoms in total. The van der Waals surface area contributed by atoms with E-state index in [1.807, 2.05) is 5.40 Å². The lowest BCUT2D eigenvalue weighted by Crippen LogP contribution is -1.99. The first-order chi connectivity index (χ1) is 6.61. The molecule has 1 aromatic heterocycles. The zero-order chi connectivity index (χ0) is 10.7. The number of hydrogen-bond donors (Lipinski definition) is 1. The summed E-state index contributed by atoms with van der Waals surface area (Å²) in [5.41, 5.74) is 6.37. The molecular formula is C8H8N2O2S2. The Kier molecular flexibility index (Phi) is 3.38. The first-order valence-electron chi connectivity index (χ1n) is 3.65. The second kappa shape index (κ2) is 4.35. The Morgan fingerprint density at radius 1 is 1.71 bits per heavy atom. The van der Waals surface area contributed by atoms with Crippen LogP contribution in [-0.4, -0.2) is 13.1 Å². The number of nitrogens with zero attached hydrogens (tertiary/aromatic N) is 1. The van der Waals surface area contributed by atoms with Crippen LogP contribution in [0.3, 0.4) is 0 Å². The van der Waals surface area contributed by atoms with Crippen molar-refractivity contribution in [3.63, 3.8) is 0 Å². The molecule has 14 heavy (non-hydrogen) atoms. The van der Waals surface area contributed by atoms with E-state index in [1.165, 1.54) is 7.11 Å². The van der Waals surface area contributed by atoms with E-state index < -0.39 is 5.97 Å². The van der Waals surface area contributed by atoms with Crippen LogP contribution < -0.4 is 5.73 Å². The number of hydrogen-bond acceptors (Lipinski definition) is 6. The predicted octanol–water partition coefficient (Wildman–Crippen LogP) is 2.00. The highest BCUT2D eigenvalue weighted by molar-refractivity contribution is 8.04. The number of esters is 1. The summed E-state index contributed by atoms with van der Waals surface area (Å²) in [6.45, 7) is 1.75. The largest absolute Gasteiger partial charge is 0.465 e. The number of carbonyl (C=O) groups is 1. The fourth-order valence-electron chi connectivity index (χ4n) is 0.981. The van der Waals surface area contributed by atoms with Crippen molar-refractivity contribution in [1.29, 1.82) is 5.26 Å². The number of carbonyl (C=O) groups excluding carboxylic acids is 1. The lowest BCUT2D eigenvalue weighted by atomic mass is 10.3. The standard InChI is InChI=1S/C8H8N2O2S2/c1-4-5(13-3-9)7(10)14-6(4)8(11)12-2/h10H2,1-2H3. The molecule has 1 rings (SSSR count). The Labute approximate surface area is 89.7 Å². The third-order valence-corrected chi connectivity index (χ3v) is 3.69. The number of nitriles is 1. The van der Waals surface area contributed by atoms with E-state index in [2.05, 4.69) is 4.74 Å². The maximum absolute atomic E-state index is 11.2. The number of thiophene rings is 1. The van der Waals surface area contributed by atoms with Crippen molar-refractivity contribution in [1.82, 2.24) is 0 Å². The average Bonchev–Trinajstić information content (AvgIpc) is 2.45. The van der Waals surface area contributed by atoms with E-state index in [-0.39, 0.29) is 0 Å². The van der Waals surface area contributed by atoms with Gasteiger partial charge in [-0.2, -0.15) is 5.26 Å². The van der Waals surface area contributed by atoms with Gasteiger partial charge in [-0.3, -0.25) is 0 Å². The van der Waals surface area contributed by atoms with Gasteiger partial charge in [-0.25, -0.2) is 4.79 Å². The van der Waals surface area contributed by atoms with Crippen molar-refractivity contribution in [3.05, 3.63) is 10.4 Å². The van der Waals surface area contributed by atoms with Gasteiger partial charge in [0.1, 0.15) is 15.3 Å². The summed E-state index contributed by atoms with van der Waals surface area (Å²) in [7, 11) is 1.31. The topological polar surface area (TPSA) is 76.1 Å². The van der Waals surface area contributed by atoms with Gasteiger partial charge in [-0.15, -0.1) is 11.3 Å². The molecule has 0 amide bonds. The van der Waals surface area contributed by atoms with Crippen LogP contribution in [0.25, 0.3) is 0 Å². The van der Waals surface area contributed by atoms with Gasteiger partial charge in [0.15, 0.2) is 0 Å². The maximum atomic E-state index is 11.2. The van der Waals surface area contributed by atoms with Crippen LogP contribution in [0.5, 0.6) is 0 Å². The van der Waals surface area contributed by atoms with Crippen LogP contribution >= 0.6 is 23.1 Å². The van der Waals surface area contributed by atoms with Gasteiger partial charge in [0.05, 0.1) is 12.0 Å². The van der Waals surface area contributed by atoms with Crippen molar-refractivity contribution >= 4 is 34.1 Å². The van der Waals surface area contributed by atoms with E-state index >= 15 is 0 Å². The van der Waals surface area contributed by atoms with Gasteiger partial charge in [0.2, 0.25) is 0 Å². The van der Waals surface area contributed by atoms with E-state index in [1.54, 1.807) is 6.92 Å². The van der Waals surface area contributed by atoms with E-state index in [0.29, 0.717) is 20.3 Å². The van der Waals surface area contributed by atoms with Crippen LogP contribution in [0, 0.1) is 17.6 Å². The van der Waals surface area contributed by atoms with Crippen molar-refractivity contribution < 1.29 is 9.53 Å². The van der Waals surface area contributed by atoms with Gasteiger partial charge >= 0.3 is 5.97 Å². The van der Waals surface area contributed by atoms with E-state index in [4.69, 9.17) is 11.0 Å². The Hall–Kier alpha value is -1.19. The third kappa shape index (κ3) is 1.84. The zero-order valence-electron chi connectivity index (χ0n) is 7.66. The Morgan fingerprint density at radius 3 is 2.86 bits per heavy atom. The van der Waals surface area contributed by atoms with Crippen LogP contribution in [0.2, 0.25) is 0 Å². The molecule has 0 saturated heterocycles. The molecule has 0 aliphatic carbocycles. The fourth-order valence-corrected chi connectivity index (χ4v) is 2.63. The Morgan fingerprint density at radius 2 is 2.36 bits per heavy atom. The SMILES string of the molecule is COC(=O)c1sc(N)c(SC#N)c1C. The Bertz CT molecular complexity index is 406. The van der Waals surface area contributed by atoms with Crippen molar-refractivity contribution in [2.45, 2.75) is 11.8 Å². The van der Waals surface area contributed by atoms with Gasteiger partial charge in [-0.1, -0.05) is 0 Å². The molecule has 0 atom stereocenters. The smallest absolute Gasteiger partial charge is 0.348 e. The maximum Gasteiger partial charge on any atom is 0.348 e. The highest BCUT2D eigenvalue weighted by Crippen LogP contribution is 2.37. The molecule has 0 aliphatic rings. The fraction of sp³-hybridized carbons (Fsp3) is 0.250. The summed E-state index contributed by atoms with van der Waals surface area (Å²) in [6, 6.07) is 0. The summed E-state index contributed by atoms with van der Waals surface area (Å²) in [5.74, 6) is -0.413. The average molecular weight is 228 g/mol. The minimum absolute atomic E-state index is 0.413. The molecule has 0 fully saturated rings. The minimum Gasteiger partial charge on any atom is -0.465 e. The zero-order valence-corrected chi connectivity index (χ0v) is 9.29. The van der Waals surface area contributed by atoms with Crippen molar-refractivity contribution in [2.24, 2.45) is 0 Å². The molecule has 0 aromatic carbocycles. The number of rotatable bonds is 2. The van der Waals surface area contributed by atoms with Gasteiger partial charge in [-0.05, 0) is 24.2 Å². The molecule has 2 N–H and O–H groups in total. The van der Waals surface area contributed by atoms with Crippen LogP contribution in [-0.2, 0) is 4.74 Å². The molecule has 0 aliphatic heterocycles. The summed E-state index contributed by atoms with van der Waals surface area (Å²) in [4.78, 5) is 12.4. The number of thiocyanates is 1. The second-order valence-corrected chi connectivity index (χ2v) is 4.28. The lowest BCUT2D eigenvalue weighted by Gasteiger charge is -1.96. The van der Waals surface area contributed by atoms with Gasteiger partial charge in [0.25, 0.3) is 0 Å². The molecule has 0 saturated carbocycles. The third-order valence-electron chi connectivity index (χ3n) is 1.64. The molecule has 0 unspecified atom stereocenters. The first-order valence-corrected chi connectivity index (χ1v) is 5.28. The number of methoxy groups -OCH3 is 1. The quantitative estimate of drug-likeness (QED) is 0.476. The number of anilines is 1. The normalized spacial score (nSPS) is 9.50. The molecular weight excluding hydrogens is 220 g/mol. The number of ether oxygens (including phenoxy) is 1. The van der Waals surface area contributed by atoms with Crippen molar-refractivity contribution in [3.8, 4) is 5.40 Å². The Balaban J connectivity index is 3.18. The summed E-state index contributed by atoms with van der Waals surface area (Å²) < 4.78 is 4.59. The summed E-state index contributed by atoms with van der Waals surface area (Å²) in [6.07, 6.45) is 0. The van der Waals surface area contributed by atoms with Crippen LogP contribution in [0.15, 0.2) is 4.90 Å².